The number of phenolic OH excluding ortho intramolecular Hbond substituents is 1. The van der Waals surface area contributed by atoms with Gasteiger partial charge in [0.1, 0.15) is 5.75 Å². The number of aliphatic carboxylic acids is 1. The molecule has 0 aromatic heterocycles. The summed E-state index contributed by atoms with van der Waals surface area (Å²) in [5.41, 5.74) is 0.642. The number of carbonyl (C=O) groups is 2. The summed E-state index contributed by atoms with van der Waals surface area (Å²) in [5.74, 6) is -1.93. The Labute approximate surface area is 98.3 Å². The predicted octanol–water partition coefficient (Wildman–Crippen LogP) is 1.08. The van der Waals surface area contributed by atoms with Crippen LogP contribution in [0, 0.1) is 11.8 Å². The molecule has 5 heteroatoms. The van der Waals surface area contributed by atoms with E-state index in [1.807, 2.05) is 0 Å². The molecule has 0 spiro atoms. The zero-order chi connectivity index (χ0) is 12.6. The first-order valence-electron chi connectivity index (χ1n) is 5.30. The highest BCUT2D eigenvalue weighted by atomic mass is 16.4. The van der Waals surface area contributed by atoms with Gasteiger partial charge in [-0.15, -0.1) is 0 Å². The summed E-state index contributed by atoms with van der Waals surface area (Å²) in [6.07, 6.45) is 0.413. The molecule has 1 aromatic rings. The maximum Gasteiger partial charge on any atom is 0.307 e. The van der Waals surface area contributed by atoms with Crippen molar-refractivity contribution in [2.45, 2.75) is 6.42 Å². The lowest BCUT2D eigenvalue weighted by molar-refractivity contribution is -0.139. The van der Waals surface area contributed by atoms with E-state index in [1.54, 1.807) is 19.2 Å². The molecule has 5 nitrogen and oxygen atoms in total. The van der Waals surface area contributed by atoms with Crippen LogP contribution in [0.2, 0.25) is 0 Å². The van der Waals surface area contributed by atoms with Crippen molar-refractivity contribution in [3.05, 3.63) is 24.3 Å². The Morgan fingerprint density at radius 1 is 1.24 bits per heavy atom. The molecule has 1 aliphatic carbocycles. The SMILES string of the molecule is CN(C(=O)C1CC1C(=O)O)c1ccc(O)cc1. The highest BCUT2D eigenvalue weighted by Crippen LogP contribution is 2.40. The minimum atomic E-state index is -0.914. The molecule has 1 aromatic carbocycles. The van der Waals surface area contributed by atoms with Crippen molar-refractivity contribution in [3.63, 3.8) is 0 Å². The molecule has 1 fully saturated rings. The summed E-state index contributed by atoms with van der Waals surface area (Å²) >= 11 is 0. The van der Waals surface area contributed by atoms with Crippen molar-refractivity contribution in [2.24, 2.45) is 11.8 Å². The fourth-order valence-electron chi connectivity index (χ4n) is 1.79. The van der Waals surface area contributed by atoms with Crippen molar-refractivity contribution >= 4 is 17.6 Å². The third-order valence-corrected chi connectivity index (χ3v) is 2.99. The average molecular weight is 235 g/mol. The van der Waals surface area contributed by atoms with Gasteiger partial charge in [-0.2, -0.15) is 0 Å². The first kappa shape index (κ1) is 11.4. The van der Waals surface area contributed by atoms with E-state index in [1.165, 1.54) is 17.0 Å². The molecule has 0 radical (unpaired) electrons. The van der Waals surface area contributed by atoms with Gasteiger partial charge in [0, 0.05) is 12.7 Å². The van der Waals surface area contributed by atoms with Crippen LogP contribution in [0.15, 0.2) is 24.3 Å². The summed E-state index contributed by atoms with van der Waals surface area (Å²) < 4.78 is 0. The van der Waals surface area contributed by atoms with Gasteiger partial charge in [-0.25, -0.2) is 0 Å². The Balaban J connectivity index is 2.06. The number of carbonyl (C=O) groups excluding carboxylic acids is 1. The predicted molar refractivity (Wildman–Crippen MR) is 60.7 cm³/mol. The summed E-state index contributed by atoms with van der Waals surface area (Å²) in [6.45, 7) is 0. The maximum absolute atomic E-state index is 11.9. The molecule has 1 saturated carbocycles. The van der Waals surface area contributed by atoms with Crippen molar-refractivity contribution in [1.82, 2.24) is 0 Å². The quantitative estimate of drug-likeness (QED) is 0.821. The highest BCUT2D eigenvalue weighted by Gasteiger charge is 2.49. The largest absolute Gasteiger partial charge is 0.508 e. The van der Waals surface area contributed by atoms with Gasteiger partial charge in [0.05, 0.1) is 11.8 Å². The Bertz CT molecular complexity index is 454. The van der Waals surface area contributed by atoms with E-state index < -0.39 is 17.8 Å². The van der Waals surface area contributed by atoms with Crippen LogP contribution in [-0.2, 0) is 9.59 Å². The van der Waals surface area contributed by atoms with Crippen molar-refractivity contribution in [3.8, 4) is 5.75 Å². The van der Waals surface area contributed by atoms with E-state index in [0.29, 0.717) is 12.1 Å². The van der Waals surface area contributed by atoms with E-state index in [9.17, 15) is 9.59 Å². The summed E-state index contributed by atoms with van der Waals surface area (Å²) in [6, 6.07) is 6.21. The van der Waals surface area contributed by atoms with Gasteiger partial charge in [-0.1, -0.05) is 0 Å². The molecule has 2 rings (SSSR count). The summed E-state index contributed by atoms with van der Waals surface area (Å²) in [5, 5.41) is 17.9. The number of rotatable bonds is 3. The third kappa shape index (κ3) is 2.22. The van der Waals surface area contributed by atoms with Crippen molar-refractivity contribution < 1.29 is 19.8 Å². The monoisotopic (exact) mass is 235 g/mol. The van der Waals surface area contributed by atoms with E-state index in [0.717, 1.165) is 0 Å². The molecule has 90 valence electrons. The third-order valence-electron chi connectivity index (χ3n) is 2.99. The second-order valence-corrected chi connectivity index (χ2v) is 4.20. The lowest BCUT2D eigenvalue weighted by Gasteiger charge is -2.17. The van der Waals surface area contributed by atoms with Gasteiger partial charge in [-0.05, 0) is 30.7 Å². The minimum absolute atomic E-state index is 0.129. The molecule has 2 unspecified atom stereocenters. The van der Waals surface area contributed by atoms with E-state index in [-0.39, 0.29) is 11.7 Å². The number of carboxylic acid groups (broad SMARTS) is 1. The zero-order valence-corrected chi connectivity index (χ0v) is 9.33. The lowest BCUT2D eigenvalue weighted by Crippen LogP contribution is -2.28. The second-order valence-electron chi connectivity index (χ2n) is 4.20. The fraction of sp³-hybridized carbons (Fsp3) is 0.333. The molecule has 0 saturated heterocycles. The number of carboxylic acids is 1. The first-order chi connectivity index (χ1) is 8.00. The number of hydrogen-bond acceptors (Lipinski definition) is 3. The second kappa shape index (κ2) is 4.08. The van der Waals surface area contributed by atoms with Crippen LogP contribution in [0.4, 0.5) is 5.69 Å². The maximum atomic E-state index is 11.9. The molecule has 0 heterocycles. The first-order valence-corrected chi connectivity index (χ1v) is 5.30. The van der Waals surface area contributed by atoms with E-state index in [2.05, 4.69) is 0 Å². The van der Waals surface area contributed by atoms with Crippen LogP contribution in [0.5, 0.6) is 5.75 Å². The molecule has 1 aliphatic rings. The topological polar surface area (TPSA) is 77.8 Å². The van der Waals surface area contributed by atoms with Gasteiger partial charge in [0.25, 0.3) is 0 Å². The normalized spacial score (nSPS) is 21.9. The van der Waals surface area contributed by atoms with Crippen LogP contribution in [0.3, 0.4) is 0 Å². The van der Waals surface area contributed by atoms with Gasteiger partial charge in [0.2, 0.25) is 5.91 Å². The lowest BCUT2D eigenvalue weighted by atomic mass is 10.2. The van der Waals surface area contributed by atoms with Crippen LogP contribution in [-0.4, -0.2) is 29.1 Å². The number of amides is 1. The Morgan fingerprint density at radius 2 is 1.82 bits per heavy atom. The molecule has 1 amide bonds. The van der Waals surface area contributed by atoms with Gasteiger partial charge in [0.15, 0.2) is 0 Å². The zero-order valence-electron chi connectivity index (χ0n) is 9.33. The van der Waals surface area contributed by atoms with Crippen molar-refractivity contribution in [2.75, 3.05) is 11.9 Å². The number of anilines is 1. The minimum Gasteiger partial charge on any atom is -0.508 e. The van der Waals surface area contributed by atoms with Crippen molar-refractivity contribution in [1.29, 1.82) is 0 Å². The van der Waals surface area contributed by atoms with E-state index >= 15 is 0 Å². The van der Waals surface area contributed by atoms with Crippen LogP contribution in [0.25, 0.3) is 0 Å². The Hall–Kier alpha value is -2.04. The number of nitrogens with zero attached hydrogens (tertiary/aromatic N) is 1. The standard InChI is InChI=1S/C12H13NO4/c1-13(7-2-4-8(14)5-3-7)11(15)9-6-10(9)12(16)17/h2-5,9-10,14H,6H2,1H3,(H,16,17). The average Bonchev–Trinajstić information content (AvgIpc) is 3.08. The molecular formula is C12H13NO4. The van der Waals surface area contributed by atoms with Crippen LogP contribution < -0.4 is 4.90 Å². The van der Waals surface area contributed by atoms with Gasteiger partial charge < -0.3 is 15.1 Å². The summed E-state index contributed by atoms with van der Waals surface area (Å²) in [4.78, 5) is 24.0. The van der Waals surface area contributed by atoms with Crippen LogP contribution >= 0.6 is 0 Å². The molecular weight excluding hydrogens is 222 g/mol. The number of phenols is 1. The fourth-order valence-corrected chi connectivity index (χ4v) is 1.79. The number of benzene rings is 1. The molecule has 0 aliphatic heterocycles. The number of aromatic hydroxyl groups is 1. The molecule has 2 N–H and O–H groups in total. The molecule has 17 heavy (non-hydrogen) atoms. The van der Waals surface area contributed by atoms with Gasteiger partial charge >= 0.3 is 5.97 Å². The van der Waals surface area contributed by atoms with E-state index in [4.69, 9.17) is 10.2 Å². The summed E-state index contributed by atoms with van der Waals surface area (Å²) in [7, 11) is 1.60. The van der Waals surface area contributed by atoms with Crippen LogP contribution in [0.1, 0.15) is 6.42 Å². The highest BCUT2D eigenvalue weighted by molar-refractivity contribution is 5.99. The molecule has 2 atom stereocenters. The number of hydrogen-bond donors (Lipinski definition) is 2. The smallest absolute Gasteiger partial charge is 0.307 e. The Kier molecular flexibility index (Phi) is 2.75. The van der Waals surface area contributed by atoms with Gasteiger partial charge in [-0.3, -0.25) is 9.59 Å². The Morgan fingerprint density at radius 3 is 2.29 bits per heavy atom. The molecule has 0 bridgehead atoms.